The van der Waals surface area contributed by atoms with Crippen LogP contribution in [0.1, 0.15) is 37.0 Å². The second-order valence-corrected chi connectivity index (χ2v) is 7.82. The molecule has 1 aromatic rings. The Hall–Kier alpha value is -2.09. The van der Waals surface area contributed by atoms with E-state index in [9.17, 15) is 14.4 Å². The molecule has 3 amide bonds. The number of alkyl carbamates (subject to hydrolysis) is 1. The number of benzene rings is 1. The fraction of sp³-hybridized carbons (Fsp3) is 0.526. The van der Waals surface area contributed by atoms with E-state index in [1.54, 1.807) is 17.0 Å². The average Bonchev–Trinajstić information content (AvgIpc) is 3.12. The Labute approximate surface area is 167 Å². The van der Waals surface area contributed by atoms with Gasteiger partial charge in [0.1, 0.15) is 6.04 Å². The van der Waals surface area contributed by atoms with Gasteiger partial charge in [-0.2, -0.15) is 0 Å². The van der Waals surface area contributed by atoms with Crippen LogP contribution in [0, 0.1) is 5.92 Å². The zero-order valence-corrected chi connectivity index (χ0v) is 17.4. The molecule has 27 heavy (non-hydrogen) atoms. The van der Waals surface area contributed by atoms with Gasteiger partial charge in [-0.05, 0) is 43.0 Å². The minimum absolute atomic E-state index is 0.0739. The Kier molecular flexibility index (Phi) is 7.65. The Morgan fingerprint density at radius 3 is 2.52 bits per heavy atom. The SMILES string of the molecule is COC(=O)N[C@H](C(=O)N1CCC[C@H]1CNC(=O)c1ccc(Br)cc1)C(C)C. The third-order valence-corrected chi connectivity index (χ3v) is 5.19. The van der Waals surface area contributed by atoms with Gasteiger partial charge in [-0.3, -0.25) is 9.59 Å². The maximum Gasteiger partial charge on any atom is 0.407 e. The van der Waals surface area contributed by atoms with Crippen LogP contribution in [0.25, 0.3) is 0 Å². The lowest BCUT2D eigenvalue weighted by molar-refractivity contribution is -0.135. The summed E-state index contributed by atoms with van der Waals surface area (Å²) in [5, 5.41) is 5.52. The maximum absolute atomic E-state index is 12.9. The van der Waals surface area contributed by atoms with Crippen molar-refractivity contribution >= 4 is 33.8 Å². The van der Waals surface area contributed by atoms with Gasteiger partial charge in [0, 0.05) is 29.2 Å². The van der Waals surface area contributed by atoms with E-state index in [2.05, 4.69) is 31.3 Å². The number of likely N-dealkylation sites (tertiary alicyclic amines) is 1. The maximum atomic E-state index is 12.9. The highest BCUT2D eigenvalue weighted by Crippen LogP contribution is 2.20. The first-order valence-corrected chi connectivity index (χ1v) is 9.81. The van der Waals surface area contributed by atoms with Gasteiger partial charge in [-0.1, -0.05) is 29.8 Å². The van der Waals surface area contributed by atoms with Crippen LogP contribution in [0.5, 0.6) is 0 Å². The molecule has 2 rings (SSSR count). The van der Waals surface area contributed by atoms with Crippen molar-refractivity contribution in [3.8, 4) is 0 Å². The van der Waals surface area contributed by atoms with E-state index in [4.69, 9.17) is 0 Å². The summed E-state index contributed by atoms with van der Waals surface area (Å²) in [6.45, 7) is 4.74. The quantitative estimate of drug-likeness (QED) is 0.712. The lowest BCUT2D eigenvalue weighted by Crippen LogP contribution is -2.54. The van der Waals surface area contributed by atoms with Gasteiger partial charge in [-0.25, -0.2) is 4.79 Å². The van der Waals surface area contributed by atoms with Crippen molar-refractivity contribution in [1.29, 1.82) is 0 Å². The van der Waals surface area contributed by atoms with Crippen molar-refractivity contribution < 1.29 is 19.1 Å². The summed E-state index contributed by atoms with van der Waals surface area (Å²) in [5.41, 5.74) is 0.571. The normalized spacial score (nSPS) is 17.5. The summed E-state index contributed by atoms with van der Waals surface area (Å²) in [7, 11) is 1.27. The van der Waals surface area contributed by atoms with Crippen molar-refractivity contribution in [3.05, 3.63) is 34.3 Å². The number of carbonyl (C=O) groups excluding carboxylic acids is 3. The van der Waals surface area contributed by atoms with E-state index < -0.39 is 12.1 Å². The monoisotopic (exact) mass is 439 g/mol. The van der Waals surface area contributed by atoms with E-state index >= 15 is 0 Å². The number of ether oxygens (including phenoxy) is 1. The van der Waals surface area contributed by atoms with E-state index in [0.29, 0.717) is 18.7 Å². The number of methoxy groups -OCH3 is 1. The molecule has 1 aromatic carbocycles. The van der Waals surface area contributed by atoms with Crippen LogP contribution < -0.4 is 10.6 Å². The molecule has 0 bridgehead atoms. The number of halogens is 1. The molecule has 0 saturated carbocycles. The first-order valence-electron chi connectivity index (χ1n) is 9.02. The van der Waals surface area contributed by atoms with Gasteiger partial charge in [0.05, 0.1) is 7.11 Å². The van der Waals surface area contributed by atoms with Crippen molar-refractivity contribution in [1.82, 2.24) is 15.5 Å². The van der Waals surface area contributed by atoms with Crippen molar-refractivity contribution in [3.63, 3.8) is 0 Å². The van der Waals surface area contributed by atoms with E-state index in [-0.39, 0.29) is 23.8 Å². The number of nitrogens with zero attached hydrogens (tertiary/aromatic N) is 1. The number of hydrogen-bond acceptors (Lipinski definition) is 4. The fourth-order valence-electron chi connectivity index (χ4n) is 3.13. The Morgan fingerprint density at radius 2 is 1.93 bits per heavy atom. The molecule has 0 aromatic heterocycles. The summed E-state index contributed by atoms with van der Waals surface area (Å²) in [6.07, 6.45) is 1.06. The van der Waals surface area contributed by atoms with Crippen LogP contribution in [0.4, 0.5) is 4.79 Å². The average molecular weight is 440 g/mol. The highest BCUT2D eigenvalue weighted by molar-refractivity contribution is 9.10. The molecule has 0 spiro atoms. The molecule has 7 nitrogen and oxygen atoms in total. The Balaban J connectivity index is 1.98. The predicted molar refractivity (Wildman–Crippen MR) is 105 cm³/mol. The molecule has 1 saturated heterocycles. The molecule has 0 radical (unpaired) electrons. The number of amides is 3. The van der Waals surface area contributed by atoms with Crippen molar-refractivity contribution in [2.75, 3.05) is 20.2 Å². The third-order valence-electron chi connectivity index (χ3n) is 4.66. The van der Waals surface area contributed by atoms with Gasteiger partial charge < -0.3 is 20.3 Å². The summed E-state index contributed by atoms with van der Waals surface area (Å²) < 4.78 is 5.53. The lowest BCUT2D eigenvalue weighted by atomic mass is 10.0. The van der Waals surface area contributed by atoms with E-state index in [1.807, 2.05) is 26.0 Å². The summed E-state index contributed by atoms with van der Waals surface area (Å²) in [5.74, 6) is -0.388. The van der Waals surface area contributed by atoms with Crippen LogP contribution in [0.15, 0.2) is 28.7 Å². The largest absolute Gasteiger partial charge is 0.453 e. The highest BCUT2D eigenvalue weighted by atomic mass is 79.9. The molecular weight excluding hydrogens is 414 g/mol. The number of rotatable bonds is 6. The van der Waals surface area contributed by atoms with Crippen molar-refractivity contribution in [2.45, 2.75) is 38.8 Å². The minimum Gasteiger partial charge on any atom is -0.453 e. The van der Waals surface area contributed by atoms with Crippen LogP contribution in [-0.4, -0.2) is 55.1 Å². The molecule has 1 aliphatic heterocycles. The zero-order valence-electron chi connectivity index (χ0n) is 15.8. The van der Waals surface area contributed by atoms with Crippen LogP contribution in [0.2, 0.25) is 0 Å². The highest BCUT2D eigenvalue weighted by Gasteiger charge is 2.35. The van der Waals surface area contributed by atoms with E-state index in [0.717, 1.165) is 17.3 Å². The summed E-state index contributed by atoms with van der Waals surface area (Å²) in [6, 6.07) is 6.37. The summed E-state index contributed by atoms with van der Waals surface area (Å²) >= 11 is 3.34. The number of hydrogen-bond donors (Lipinski definition) is 2. The van der Waals surface area contributed by atoms with Gasteiger partial charge >= 0.3 is 6.09 Å². The Bertz CT molecular complexity index is 678. The number of nitrogens with one attached hydrogen (secondary N) is 2. The van der Waals surface area contributed by atoms with Crippen LogP contribution in [-0.2, 0) is 9.53 Å². The predicted octanol–water partition coefficient (Wildman–Crippen LogP) is 2.55. The molecule has 0 unspecified atom stereocenters. The second kappa shape index (κ2) is 9.73. The molecule has 148 valence electrons. The standard InChI is InChI=1S/C19H26BrN3O4/c1-12(2)16(22-19(26)27-3)18(25)23-10-4-5-15(23)11-21-17(24)13-6-8-14(20)9-7-13/h6-9,12,15-16H,4-5,10-11H2,1-3H3,(H,21,24)(H,22,26)/t15-,16-/m0/s1. The fourth-order valence-corrected chi connectivity index (χ4v) is 3.39. The Morgan fingerprint density at radius 1 is 1.26 bits per heavy atom. The van der Waals surface area contributed by atoms with Gasteiger partial charge in [-0.15, -0.1) is 0 Å². The third kappa shape index (κ3) is 5.69. The number of carbonyl (C=O) groups is 3. The molecule has 2 N–H and O–H groups in total. The van der Waals surface area contributed by atoms with Gasteiger partial charge in [0.25, 0.3) is 5.91 Å². The smallest absolute Gasteiger partial charge is 0.407 e. The molecule has 0 aliphatic carbocycles. The first-order chi connectivity index (χ1) is 12.8. The van der Waals surface area contributed by atoms with Gasteiger partial charge in [0.2, 0.25) is 5.91 Å². The molecule has 1 heterocycles. The minimum atomic E-state index is -0.653. The summed E-state index contributed by atoms with van der Waals surface area (Å²) in [4.78, 5) is 38.6. The van der Waals surface area contributed by atoms with Gasteiger partial charge in [0.15, 0.2) is 0 Å². The second-order valence-electron chi connectivity index (χ2n) is 6.90. The van der Waals surface area contributed by atoms with Crippen LogP contribution >= 0.6 is 15.9 Å². The first kappa shape index (κ1) is 21.2. The van der Waals surface area contributed by atoms with E-state index in [1.165, 1.54) is 7.11 Å². The van der Waals surface area contributed by atoms with Crippen molar-refractivity contribution in [2.24, 2.45) is 5.92 Å². The molecular formula is C19H26BrN3O4. The molecule has 2 atom stereocenters. The van der Waals surface area contributed by atoms with Crippen LogP contribution in [0.3, 0.4) is 0 Å². The molecule has 8 heteroatoms. The topological polar surface area (TPSA) is 87.7 Å². The molecule has 1 aliphatic rings. The lowest BCUT2D eigenvalue weighted by Gasteiger charge is -2.30. The molecule has 1 fully saturated rings. The zero-order chi connectivity index (χ0) is 20.0.